The Labute approximate surface area is 135 Å². The number of hydrogen-bond donors (Lipinski definition) is 0. The molecule has 4 nitrogen and oxygen atoms in total. The number of amides is 1. The second-order valence-corrected chi connectivity index (χ2v) is 6.39. The Balaban J connectivity index is 1.51. The van der Waals surface area contributed by atoms with Gasteiger partial charge in [-0.05, 0) is 25.0 Å². The topological polar surface area (TPSA) is 46.6 Å². The van der Waals surface area contributed by atoms with Gasteiger partial charge in [-0.1, -0.05) is 25.0 Å². The van der Waals surface area contributed by atoms with Crippen LogP contribution in [0.4, 0.5) is 4.39 Å². The number of hydrogen-bond acceptors (Lipinski definition) is 3. The van der Waals surface area contributed by atoms with Gasteiger partial charge < -0.3 is 9.64 Å². The van der Waals surface area contributed by atoms with E-state index >= 15 is 0 Å². The Bertz CT molecular complexity index is 575. The van der Waals surface area contributed by atoms with Gasteiger partial charge in [0, 0.05) is 25.9 Å². The first-order valence-corrected chi connectivity index (χ1v) is 8.39. The zero-order chi connectivity index (χ0) is 16.2. The van der Waals surface area contributed by atoms with E-state index in [2.05, 4.69) is 0 Å². The van der Waals surface area contributed by atoms with Crippen LogP contribution in [-0.4, -0.2) is 36.0 Å². The van der Waals surface area contributed by atoms with Gasteiger partial charge in [0.05, 0.1) is 11.5 Å². The van der Waals surface area contributed by atoms with Crippen LogP contribution >= 0.6 is 0 Å². The molecule has 1 saturated carbocycles. The third-order valence-electron chi connectivity index (χ3n) is 4.80. The second kappa shape index (κ2) is 7.11. The smallest absolute Gasteiger partial charge is 0.309 e. The molecule has 1 aliphatic carbocycles. The first kappa shape index (κ1) is 16.0. The molecule has 1 heterocycles. The van der Waals surface area contributed by atoms with Gasteiger partial charge in [-0.2, -0.15) is 0 Å². The van der Waals surface area contributed by atoms with E-state index in [1.807, 2.05) is 0 Å². The van der Waals surface area contributed by atoms with Crippen molar-refractivity contribution in [1.29, 1.82) is 0 Å². The molecule has 124 valence electrons. The largest absolute Gasteiger partial charge is 0.462 e. The fourth-order valence-corrected chi connectivity index (χ4v) is 3.40. The van der Waals surface area contributed by atoms with Crippen LogP contribution in [0.15, 0.2) is 24.3 Å². The third-order valence-corrected chi connectivity index (χ3v) is 4.80. The number of rotatable bonds is 3. The number of ether oxygens (including phenoxy) is 1. The van der Waals surface area contributed by atoms with Crippen LogP contribution in [0.25, 0.3) is 0 Å². The molecule has 1 saturated heterocycles. The molecule has 0 aromatic heterocycles. The molecule has 0 spiro atoms. The fraction of sp³-hybridized carbons (Fsp3) is 0.556. The van der Waals surface area contributed by atoms with Crippen molar-refractivity contribution in [2.24, 2.45) is 5.92 Å². The van der Waals surface area contributed by atoms with E-state index in [1.165, 1.54) is 12.1 Å². The first-order valence-electron chi connectivity index (χ1n) is 8.39. The van der Waals surface area contributed by atoms with Crippen LogP contribution in [0.1, 0.15) is 48.9 Å². The number of halogens is 1. The first-order chi connectivity index (χ1) is 11.1. The van der Waals surface area contributed by atoms with E-state index in [0.29, 0.717) is 25.9 Å². The minimum absolute atomic E-state index is 0.0630. The summed E-state index contributed by atoms with van der Waals surface area (Å²) in [6.07, 6.45) is 5.21. The van der Waals surface area contributed by atoms with E-state index in [9.17, 15) is 14.0 Å². The summed E-state index contributed by atoms with van der Waals surface area (Å²) in [5.41, 5.74) is 0.105. The normalized spacial score (nSPS) is 19.8. The maximum atomic E-state index is 13.7. The molecule has 0 N–H and O–H groups in total. The lowest BCUT2D eigenvalue weighted by atomic mass is 10.0. The highest BCUT2D eigenvalue weighted by Gasteiger charge is 2.30. The molecule has 5 heteroatoms. The quantitative estimate of drug-likeness (QED) is 0.804. The van der Waals surface area contributed by atoms with Gasteiger partial charge >= 0.3 is 5.97 Å². The van der Waals surface area contributed by atoms with Crippen LogP contribution in [0.2, 0.25) is 0 Å². The van der Waals surface area contributed by atoms with Crippen LogP contribution in [0.5, 0.6) is 0 Å². The fourth-order valence-electron chi connectivity index (χ4n) is 3.40. The molecule has 0 atom stereocenters. The summed E-state index contributed by atoms with van der Waals surface area (Å²) in [6, 6.07) is 6.03. The number of carbonyl (C=O) groups excluding carboxylic acids is 2. The highest BCUT2D eigenvalue weighted by Crippen LogP contribution is 2.27. The third kappa shape index (κ3) is 3.71. The van der Waals surface area contributed by atoms with E-state index in [4.69, 9.17) is 4.74 Å². The molecule has 2 aliphatic rings. The molecule has 1 aromatic rings. The molecule has 23 heavy (non-hydrogen) atoms. The number of nitrogens with zero attached hydrogens (tertiary/aromatic N) is 1. The highest BCUT2D eigenvalue weighted by atomic mass is 19.1. The average Bonchev–Trinajstić information content (AvgIpc) is 3.10. The van der Waals surface area contributed by atoms with Crippen molar-refractivity contribution in [3.05, 3.63) is 35.6 Å². The average molecular weight is 319 g/mol. The number of esters is 1. The van der Waals surface area contributed by atoms with E-state index in [1.54, 1.807) is 17.0 Å². The van der Waals surface area contributed by atoms with Gasteiger partial charge in [-0.3, -0.25) is 9.59 Å². The van der Waals surface area contributed by atoms with Crippen LogP contribution in [0.3, 0.4) is 0 Å². The minimum atomic E-state index is -0.493. The molecule has 0 radical (unpaired) electrons. The van der Waals surface area contributed by atoms with Crippen molar-refractivity contribution < 1.29 is 18.7 Å². The molecule has 0 bridgehead atoms. The molecule has 1 aliphatic heterocycles. The summed E-state index contributed by atoms with van der Waals surface area (Å²) in [4.78, 5) is 26.0. The van der Waals surface area contributed by atoms with Crippen molar-refractivity contribution in [1.82, 2.24) is 4.90 Å². The van der Waals surface area contributed by atoms with Crippen molar-refractivity contribution in [2.45, 2.75) is 44.6 Å². The summed E-state index contributed by atoms with van der Waals surface area (Å²) < 4.78 is 19.3. The lowest BCUT2D eigenvalue weighted by molar-refractivity contribution is -0.155. The summed E-state index contributed by atoms with van der Waals surface area (Å²) in [7, 11) is 0. The molecular formula is C18H22FNO3. The van der Waals surface area contributed by atoms with Crippen LogP contribution < -0.4 is 0 Å². The number of benzene rings is 1. The summed E-state index contributed by atoms with van der Waals surface area (Å²) in [6.45, 7) is 0.992. The lowest BCUT2D eigenvalue weighted by Gasteiger charge is -2.32. The maximum Gasteiger partial charge on any atom is 0.309 e. The molecular weight excluding hydrogens is 297 g/mol. The van der Waals surface area contributed by atoms with Gasteiger partial charge in [-0.15, -0.1) is 0 Å². The van der Waals surface area contributed by atoms with Crippen molar-refractivity contribution in [3.63, 3.8) is 0 Å². The standard InChI is InChI=1S/C18H22FNO3/c19-16-8-4-3-7-15(16)17(21)20-11-9-14(10-12-20)23-18(22)13-5-1-2-6-13/h3-4,7-8,13-14H,1-2,5-6,9-12H2. The van der Waals surface area contributed by atoms with Crippen LogP contribution in [0, 0.1) is 11.7 Å². The Morgan fingerprint density at radius 3 is 2.35 bits per heavy atom. The zero-order valence-corrected chi connectivity index (χ0v) is 13.2. The van der Waals surface area contributed by atoms with Gasteiger partial charge in [0.2, 0.25) is 0 Å². The highest BCUT2D eigenvalue weighted by molar-refractivity contribution is 5.94. The Hall–Kier alpha value is -1.91. The van der Waals surface area contributed by atoms with Gasteiger partial charge in [0.15, 0.2) is 0 Å². The van der Waals surface area contributed by atoms with E-state index in [-0.39, 0.29) is 29.5 Å². The molecule has 2 fully saturated rings. The van der Waals surface area contributed by atoms with Crippen molar-refractivity contribution in [2.75, 3.05) is 13.1 Å². The Kier molecular flexibility index (Phi) is 4.94. The van der Waals surface area contributed by atoms with Gasteiger partial charge in [0.1, 0.15) is 11.9 Å². The maximum absolute atomic E-state index is 13.7. The van der Waals surface area contributed by atoms with E-state index < -0.39 is 5.82 Å². The monoisotopic (exact) mass is 319 g/mol. The molecule has 1 aromatic carbocycles. The Morgan fingerprint density at radius 2 is 1.70 bits per heavy atom. The number of piperidine rings is 1. The van der Waals surface area contributed by atoms with Gasteiger partial charge in [-0.25, -0.2) is 4.39 Å². The van der Waals surface area contributed by atoms with E-state index in [0.717, 1.165) is 25.7 Å². The minimum Gasteiger partial charge on any atom is -0.462 e. The summed E-state index contributed by atoms with van der Waals surface area (Å²) in [5.74, 6) is -0.801. The zero-order valence-electron chi connectivity index (χ0n) is 13.2. The Morgan fingerprint density at radius 1 is 1.04 bits per heavy atom. The summed E-state index contributed by atoms with van der Waals surface area (Å²) >= 11 is 0. The molecule has 3 rings (SSSR count). The predicted octanol–water partition coefficient (Wildman–Crippen LogP) is 3.16. The lowest BCUT2D eigenvalue weighted by Crippen LogP contribution is -2.42. The summed E-state index contributed by atoms with van der Waals surface area (Å²) in [5, 5.41) is 0. The van der Waals surface area contributed by atoms with Crippen molar-refractivity contribution >= 4 is 11.9 Å². The van der Waals surface area contributed by atoms with Gasteiger partial charge in [0.25, 0.3) is 5.91 Å². The SMILES string of the molecule is O=C(OC1CCN(C(=O)c2ccccc2F)CC1)C1CCCC1. The number of likely N-dealkylation sites (tertiary alicyclic amines) is 1. The number of carbonyl (C=O) groups is 2. The molecule has 0 unspecified atom stereocenters. The van der Waals surface area contributed by atoms with Crippen molar-refractivity contribution in [3.8, 4) is 0 Å². The second-order valence-electron chi connectivity index (χ2n) is 6.39. The predicted molar refractivity (Wildman–Crippen MR) is 83.4 cm³/mol. The van der Waals surface area contributed by atoms with Crippen LogP contribution in [-0.2, 0) is 9.53 Å². The molecule has 1 amide bonds.